The van der Waals surface area contributed by atoms with Crippen LogP contribution in [0.4, 0.5) is 10.1 Å². The molecule has 2 aromatic carbocycles. The SMILES string of the molecule is CC(=O)c1cccc(OCc2cccc([N+](=O)[O-])c2F)c1. The first-order chi connectivity index (χ1) is 9.99. The van der Waals surface area contributed by atoms with E-state index in [-0.39, 0.29) is 18.0 Å². The highest BCUT2D eigenvalue weighted by atomic mass is 19.1. The van der Waals surface area contributed by atoms with Crippen molar-refractivity contribution in [3.63, 3.8) is 0 Å². The lowest BCUT2D eigenvalue weighted by atomic mass is 10.1. The first-order valence-corrected chi connectivity index (χ1v) is 6.14. The number of ketones is 1. The van der Waals surface area contributed by atoms with Crippen LogP contribution in [0.1, 0.15) is 22.8 Å². The van der Waals surface area contributed by atoms with Crippen molar-refractivity contribution in [1.82, 2.24) is 0 Å². The van der Waals surface area contributed by atoms with Crippen molar-refractivity contribution in [2.75, 3.05) is 0 Å². The number of nitrogens with zero attached hydrogens (tertiary/aromatic N) is 1. The van der Waals surface area contributed by atoms with Gasteiger partial charge in [0, 0.05) is 17.2 Å². The maximum Gasteiger partial charge on any atom is 0.305 e. The summed E-state index contributed by atoms with van der Waals surface area (Å²) in [5.41, 5.74) is -0.0296. The lowest BCUT2D eigenvalue weighted by Gasteiger charge is -2.08. The van der Waals surface area contributed by atoms with Gasteiger partial charge in [-0.15, -0.1) is 0 Å². The van der Waals surface area contributed by atoms with Crippen LogP contribution in [0.15, 0.2) is 42.5 Å². The molecule has 108 valence electrons. The van der Waals surface area contributed by atoms with E-state index in [1.807, 2.05) is 0 Å². The Labute approximate surface area is 120 Å². The van der Waals surface area contributed by atoms with Crippen LogP contribution in [0.25, 0.3) is 0 Å². The van der Waals surface area contributed by atoms with Gasteiger partial charge in [0.2, 0.25) is 5.82 Å². The molecule has 0 unspecified atom stereocenters. The molecule has 0 spiro atoms. The molecule has 21 heavy (non-hydrogen) atoms. The second-order valence-electron chi connectivity index (χ2n) is 4.38. The van der Waals surface area contributed by atoms with E-state index in [4.69, 9.17) is 4.74 Å². The van der Waals surface area contributed by atoms with Crippen molar-refractivity contribution in [3.05, 3.63) is 69.5 Å². The summed E-state index contributed by atoms with van der Waals surface area (Å²) in [5, 5.41) is 10.7. The number of nitro groups is 1. The molecule has 0 N–H and O–H groups in total. The predicted octanol–water partition coefficient (Wildman–Crippen LogP) is 3.52. The number of rotatable bonds is 5. The van der Waals surface area contributed by atoms with E-state index >= 15 is 0 Å². The van der Waals surface area contributed by atoms with Crippen molar-refractivity contribution in [1.29, 1.82) is 0 Å². The molecule has 0 atom stereocenters. The Morgan fingerprint density at radius 1 is 1.29 bits per heavy atom. The average Bonchev–Trinajstić information content (AvgIpc) is 2.46. The molecule has 2 rings (SSSR count). The molecule has 6 heteroatoms. The van der Waals surface area contributed by atoms with E-state index in [0.717, 1.165) is 6.07 Å². The van der Waals surface area contributed by atoms with Gasteiger partial charge in [-0.05, 0) is 19.1 Å². The van der Waals surface area contributed by atoms with Gasteiger partial charge in [0.1, 0.15) is 12.4 Å². The summed E-state index contributed by atoms with van der Waals surface area (Å²) in [4.78, 5) is 21.1. The van der Waals surface area contributed by atoms with Crippen LogP contribution in [0.3, 0.4) is 0 Å². The minimum absolute atomic E-state index is 0.0810. The molecule has 0 radical (unpaired) electrons. The highest BCUT2D eigenvalue weighted by Crippen LogP contribution is 2.22. The Morgan fingerprint density at radius 2 is 2.00 bits per heavy atom. The van der Waals surface area contributed by atoms with Crippen LogP contribution < -0.4 is 4.74 Å². The van der Waals surface area contributed by atoms with Crippen LogP contribution in [0.5, 0.6) is 5.75 Å². The van der Waals surface area contributed by atoms with Crippen molar-refractivity contribution in [2.24, 2.45) is 0 Å². The third kappa shape index (κ3) is 3.42. The summed E-state index contributed by atoms with van der Waals surface area (Å²) in [6, 6.07) is 10.4. The minimum Gasteiger partial charge on any atom is -0.489 e. The van der Waals surface area contributed by atoms with Gasteiger partial charge < -0.3 is 4.74 Å². The van der Waals surface area contributed by atoms with Crippen molar-refractivity contribution < 1.29 is 18.8 Å². The van der Waals surface area contributed by atoms with Crippen molar-refractivity contribution in [3.8, 4) is 5.75 Å². The van der Waals surface area contributed by atoms with Gasteiger partial charge in [-0.3, -0.25) is 14.9 Å². The first-order valence-electron chi connectivity index (χ1n) is 6.14. The number of ether oxygens (including phenoxy) is 1. The summed E-state index contributed by atoms with van der Waals surface area (Å²) >= 11 is 0. The predicted molar refractivity (Wildman–Crippen MR) is 73.8 cm³/mol. The fourth-order valence-electron chi connectivity index (χ4n) is 1.78. The number of halogens is 1. The molecule has 0 aliphatic rings. The zero-order valence-corrected chi connectivity index (χ0v) is 11.2. The van der Waals surface area contributed by atoms with E-state index in [1.54, 1.807) is 18.2 Å². The van der Waals surface area contributed by atoms with Gasteiger partial charge in [0.05, 0.1) is 4.92 Å². The van der Waals surface area contributed by atoms with E-state index in [0.29, 0.717) is 11.3 Å². The third-order valence-corrected chi connectivity index (χ3v) is 2.89. The van der Waals surface area contributed by atoms with Gasteiger partial charge in [-0.1, -0.05) is 24.3 Å². The van der Waals surface area contributed by atoms with Gasteiger partial charge in [-0.2, -0.15) is 4.39 Å². The lowest BCUT2D eigenvalue weighted by Crippen LogP contribution is -2.02. The standard InChI is InChI=1S/C15H12FNO4/c1-10(18)11-4-2-6-13(8-11)21-9-12-5-3-7-14(15(12)16)17(19)20/h2-8H,9H2,1H3. The highest BCUT2D eigenvalue weighted by molar-refractivity contribution is 5.94. The number of hydrogen-bond acceptors (Lipinski definition) is 4. The van der Waals surface area contributed by atoms with Crippen LogP contribution in [-0.2, 0) is 6.61 Å². The maximum absolute atomic E-state index is 13.9. The second kappa shape index (κ2) is 6.13. The van der Waals surface area contributed by atoms with Gasteiger partial charge in [0.15, 0.2) is 5.78 Å². The molecule has 0 fully saturated rings. The molecule has 2 aromatic rings. The lowest BCUT2D eigenvalue weighted by molar-refractivity contribution is -0.387. The number of Topliss-reactive ketones (excluding diaryl/α,β-unsaturated/α-hetero) is 1. The first kappa shape index (κ1) is 14.6. The van der Waals surface area contributed by atoms with Gasteiger partial charge in [-0.25, -0.2) is 0 Å². The molecule has 0 aliphatic carbocycles. The van der Waals surface area contributed by atoms with Crippen LogP contribution in [0, 0.1) is 15.9 Å². The molecule has 0 saturated heterocycles. The molecule has 0 amide bonds. The largest absolute Gasteiger partial charge is 0.489 e. The van der Waals surface area contributed by atoms with Gasteiger partial charge in [0.25, 0.3) is 0 Å². The molecule has 0 aliphatic heterocycles. The number of carbonyl (C=O) groups excluding carboxylic acids is 1. The molecular formula is C15H12FNO4. The summed E-state index contributed by atoms with van der Waals surface area (Å²) < 4.78 is 19.2. The number of benzene rings is 2. The van der Waals surface area contributed by atoms with E-state index in [1.165, 1.54) is 25.1 Å². The number of hydrogen-bond donors (Lipinski definition) is 0. The summed E-state index contributed by atoms with van der Waals surface area (Å²) in [7, 11) is 0. The zero-order chi connectivity index (χ0) is 15.4. The van der Waals surface area contributed by atoms with Gasteiger partial charge >= 0.3 is 5.69 Å². The molecular weight excluding hydrogens is 277 g/mol. The minimum atomic E-state index is -0.912. The Bertz CT molecular complexity index is 700. The summed E-state index contributed by atoms with van der Waals surface area (Å²) in [5.74, 6) is -0.624. The summed E-state index contributed by atoms with van der Waals surface area (Å²) in [6.45, 7) is 1.27. The molecule has 5 nitrogen and oxygen atoms in total. The molecule has 0 aromatic heterocycles. The number of nitro benzene ring substituents is 1. The summed E-state index contributed by atoms with van der Waals surface area (Å²) in [6.07, 6.45) is 0. The van der Waals surface area contributed by atoms with Crippen LogP contribution in [0.2, 0.25) is 0 Å². The van der Waals surface area contributed by atoms with Crippen LogP contribution >= 0.6 is 0 Å². The molecule has 0 bridgehead atoms. The van der Waals surface area contributed by atoms with Crippen molar-refractivity contribution >= 4 is 11.5 Å². The van der Waals surface area contributed by atoms with E-state index in [2.05, 4.69) is 0 Å². The normalized spacial score (nSPS) is 10.2. The second-order valence-corrected chi connectivity index (χ2v) is 4.38. The fraction of sp³-hybridized carbons (Fsp3) is 0.133. The molecule has 0 heterocycles. The number of carbonyl (C=O) groups is 1. The van der Waals surface area contributed by atoms with E-state index in [9.17, 15) is 19.3 Å². The van der Waals surface area contributed by atoms with Crippen LogP contribution in [-0.4, -0.2) is 10.7 Å². The smallest absolute Gasteiger partial charge is 0.305 e. The zero-order valence-electron chi connectivity index (χ0n) is 11.2. The van der Waals surface area contributed by atoms with E-state index < -0.39 is 16.4 Å². The quantitative estimate of drug-likeness (QED) is 0.480. The maximum atomic E-state index is 13.9. The Morgan fingerprint density at radius 3 is 2.67 bits per heavy atom. The molecule has 0 saturated carbocycles. The monoisotopic (exact) mass is 289 g/mol. The third-order valence-electron chi connectivity index (χ3n) is 2.89. The Hall–Kier alpha value is -2.76. The topological polar surface area (TPSA) is 69.4 Å². The fourth-order valence-corrected chi connectivity index (χ4v) is 1.78. The Kier molecular flexibility index (Phi) is 4.27. The average molecular weight is 289 g/mol. The Balaban J connectivity index is 2.17. The highest BCUT2D eigenvalue weighted by Gasteiger charge is 2.17. The van der Waals surface area contributed by atoms with Crippen molar-refractivity contribution in [2.45, 2.75) is 13.5 Å².